The molecule has 1 amide bonds. The normalized spacial score (nSPS) is 21.8. The number of nitrogens with one attached hydrogen (secondary N) is 1. The molecule has 3 unspecified atom stereocenters. The van der Waals surface area contributed by atoms with Gasteiger partial charge in [0.1, 0.15) is 6.10 Å². The third-order valence-electron chi connectivity index (χ3n) is 7.78. The van der Waals surface area contributed by atoms with Gasteiger partial charge in [-0.15, -0.1) is 0 Å². The molecule has 2 aromatic carbocycles. The van der Waals surface area contributed by atoms with E-state index >= 15 is 0 Å². The lowest BCUT2D eigenvalue weighted by Crippen LogP contribution is -2.50. The number of hydrogen-bond acceptors (Lipinski definition) is 6. The number of hydrogen-bond donors (Lipinski definition) is 2. The first kappa shape index (κ1) is 28.4. The number of fused-ring (bicyclic) bond motifs is 1. The van der Waals surface area contributed by atoms with Crippen LogP contribution < -0.4 is 9.46 Å². The number of para-hydroxylation sites is 1. The first-order chi connectivity index (χ1) is 18.2. The lowest BCUT2D eigenvalue weighted by atomic mass is 9.89. The number of carbonyl (C=O) groups excluding carboxylic acids is 1. The van der Waals surface area contributed by atoms with Crippen molar-refractivity contribution in [1.29, 1.82) is 0 Å². The average Bonchev–Trinajstić information content (AvgIpc) is 2.91. The number of nitrogens with zero attached hydrogens (tertiary/aromatic N) is 2. The standard InChI is InChI=1S/C29H41N3O5S/c1-21-17-32(22(2)20-33)29(34)25-15-10-16-26(30-38(35,36)24-13-8-5-9-14-24)28(25)37-27(21)19-31(3)18-23-11-6-4-7-12-23/h5,8-10,13-16,21-23,27,30,33H,4,6-7,11-12,17-20H2,1-3H3. The summed E-state index contributed by atoms with van der Waals surface area (Å²) in [5.41, 5.74) is 0.510. The van der Waals surface area contributed by atoms with Crippen molar-refractivity contribution < 1.29 is 23.1 Å². The Morgan fingerprint density at radius 2 is 1.79 bits per heavy atom. The molecule has 2 N–H and O–H groups in total. The van der Waals surface area contributed by atoms with Crippen LogP contribution in [0.4, 0.5) is 5.69 Å². The van der Waals surface area contributed by atoms with Crippen molar-refractivity contribution in [3.63, 3.8) is 0 Å². The second-order valence-electron chi connectivity index (χ2n) is 10.9. The minimum Gasteiger partial charge on any atom is -0.486 e. The SMILES string of the molecule is CC1CN(C(C)CO)C(=O)c2cccc(NS(=O)(=O)c3ccccc3)c2OC1CN(C)CC1CCCCC1. The number of benzene rings is 2. The van der Waals surface area contributed by atoms with Crippen LogP contribution in [0.5, 0.6) is 5.75 Å². The number of ether oxygens (including phenoxy) is 1. The van der Waals surface area contributed by atoms with E-state index in [-0.39, 0.29) is 52.5 Å². The van der Waals surface area contributed by atoms with Gasteiger partial charge in [-0.3, -0.25) is 9.52 Å². The highest BCUT2D eigenvalue weighted by Gasteiger charge is 2.35. The van der Waals surface area contributed by atoms with Crippen LogP contribution in [0, 0.1) is 11.8 Å². The molecule has 1 saturated carbocycles. The van der Waals surface area contributed by atoms with E-state index in [1.54, 1.807) is 41.3 Å². The highest BCUT2D eigenvalue weighted by molar-refractivity contribution is 7.92. The van der Waals surface area contributed by atoms with Crippen LogP contribution in [0.3, 0.4) is 0 Å². The maximum absolute atomic E-state index is 13.7. The van der Waals surface area contributed by atoms with Crippen molar-refractivity contribution >= 4 is 21.6 Å². The highest BCUT2D eigenvalue weighted by atomic mass is 32.2. The zero-order chi connectivity index (χ0) is 27.3. The first-order valence-corrected chi connectivity index (χ1v) is 15.2. The Balaban J connectivity index is 1.67. The van der Waals surface area contributed by atoms with Crippen LogP contribution in [0.25, 0.3) is 0 Å². The van der Waals surface area contributed by atoms with Crippen LogP contribution in [-0.2, 0) is 10.0 Å². The molecule has 1 heterocycles. The number of likely N-dealkylation sites (N-methyl/N-ethyl adjacent to an activating group) is 1. The molecule has 9 heteroatoms. The van der Waals surface area contributed by atoms with E-state index in [9.17, 15) is 18.3 Å². The van der Waals surface area contributed by atoms with Crippen molar-refractivity contribution in [1.82, 2.24) is 9.80 Å². The maximum Gasteiger partial charge on any atom is 0.262 e. The zero-order valence-corrected chi connectivity index (χ0v) is 23.5. The fourth-order valence-corrected chi connectivity index (χ4v) is 6.62. The number of aliphatic hydroxyl groups is 1. The molecule has 1 fully saturated rings. The highest BCUT2D eigenvalue weighted by Crippen LogP contribution is 2.36. The van der Waals surface area contributed by atoms with Gasteiger partial charge in [-0.05, 0) is 57.0 Å². The van der Waals surface area contributed by atoms with Gasteiger partial charge < -0.3 is 19.6 Å². The van der Waals surface area contributed by atoms with Gasteiger partial charge >= 0.3 is 0 Å². The predicted molar refractivity (Wildman–Crippen MR) is 149 cm³/mol. The van der Waals surface area contributed by atoms with Crippen LogP contribution in [0.1, 0.15) is 56.3 Å². The lowest BCUT2D eigenvalue weighted by molar-refractivity contribution is 0.0333. The summed E-state index contributed by atoms with van der Waals surface area (Å²) in [7, 11) is -1.79. The number of amides is 1. The summed E-state index contributed by atoms with van der Waals surface area (Å²) in [6.45, 7) is 5.76. The van der Waals surface area contributed by atoms with Crippen molar-refractivity contribution in [2.75, 3.05) is 38.0 Å². The van der Waals surface area contributed by atoms with E-state index in [1.807, 2.05) is 13.8 Å². The van der Waals surface area contributed by atoms with Gasteiger partial charge in [-0.25, -0.2) is 8.42 Å². The number of sulfonamides is 1. The fourth-order valence-electron chi connectivity index (χ4n) is 5.54. The van der Waals surface area contributed by atoms with Crippen LogP contribution >= 0.6 is 0 Å². The minimum absolute atomic E-state index is 0.0475. The fraction of sp³-hybridized carbons (Fsp3) is 0.552. The molecule has 1 aliphatic carbocycles. The molecular weight excluding hydrogens is 502 g/mol. The number of anilines is 1. The lowest BCUT2D eigenvalue weighted by Gasteiger charge is -2.39. The quantitative estimate of drug-likeness (QED) is 0.491. The Morgan fingerprint density at radius 3 is 2.47 bits per heavy atom. The van der Waals surface area contributed by atoms with E-state index in [0.717, 1.165) is 6.54 Å². The molecule has 208 valence electrons. The molecule has 2 aromatic rings. The Hall–Kier alpha value is -2.62. The maximum atomic E-state index is 13.7. The van der Waals surface area contributed by atoms with Crippen molar-refractivity contribution in [3.8, 4) is 5.75 Å². The molecule has 0 radical (unpaired) electrons. The largest absolute Gasteiger partial charge is 0.486 e. The van der Waals surface area contributed by atoms with Crippen molar-refractivity contribution in [2.24, 2.45) is 11.8 Å². The van der Waals surface area contributed by atoms with Crippen molar-refractivity contribution in [2.45, 2.75) is 63.0 Å². The van der Waals surface area contributed by atoms with Crippen LogP contribution in [0.15, 0.2) is 53.4 Å². The van der Waals surface area contributed by atoms with Crippen LogP contribution in [0.2, 0.25) is 0 Å². The number of rotatable bonds is 9. The molecule has 3 atom stereocenters. The molecule has 0 saturated heterocycles. The monoisotopic (exact) mass is 543 g/mol. The Labute approximate surface area is 227 Å². The molecule has 4 rings (SSSR count). The summed E-state index contributed by atoms with van der Waals surface area (Å²) in [5, 5.41) is 9.90. The Morgan fingerprint density at radius 1 is 1.08 bits per heavy atom. The summed E-state index contributed by atoms with van der Waals surface area (Å²) in [5.74, 6) is 0.567. The summed E-state index contributed by atoms with van der Waals surface area (Å²) in [4.78, 5) is 17.8. The molecule has 0 bridgehead atoms. The van der Waals surface area contributed by atoms with Gasteiger partial charge in [0.25, 0.3) is 15.9 Å². The van der Waals surface area contributed by atoms with Gasteiger partial charge in [0, 0.05) is 25.6 Å². The molecule has 8 nitrogen and oxygen atoms in total. The van der Waals surface area contributed by atoms with E-state index in [2.05, 4.69) is 16.7 Å². The number of carbonyl (C=O) groups is 1. The molecule has 1 aliphatic heterocycles. The Bertz CT molecular complexity index is 1180. The smallest absolute Gasteiger partial charge is 0.262 e. The van der Waals surface area contributed by atoms with Gasteiger partial charge in [0.2, 0.25) is 0 Å². The van der Waals surface area contributed by atoms with Gasteiger partial charge in [-0.2, -0.15) is 0 Å². The zero-order valence-electron chi connectivity index (χ0n) is 22.7. The molecule has 38 heavy (non-hydrogen) atoms. The molecule has 2 aliphatic rings. The van der Waals surface area contributed by atoms with Crippen LogP contribution in [-0.4, -0.2) is 74.7 Å². The second kappa shape index (κ2) is 12.5. The summed E-state index contributed by atoms with van der Waals surface area (Å²) >= 11 is 0. The second-order valence-corrected chi connectivity index (χ2v) is 12.6. The average molecular weight is 544 g/mol. The van der Waals surface area contributed by atoms with Gasteiger partial charge in [0.05, 0.1) is 28.8 Å². The summed E-state index contributed by atoms with van der Waals surface area (Å²) in [6, 6.07) is 12.7. The Kier molecular flexibility index (Phi) is 9.33. The van der Waals surface area contributed by atoms with E-state index < -0.39 is 10.0 Å². The third kappa shape index (κ3) is 6.68. The minimum atomic E-state index is -3.90. The van der Waals surface area contributed by atoms with Gasteiger partial charge in [0.15, 0.2) is 5.75 Å². The number of aliphatic hydroxyl groups excluding tert-OH is 1. The predicted octanol–water partition coefficient (Wildman–Crippen LogP) is 4.22. The third-order valence-corrected chi connectivity index (χ3v) is 9.16. The topological polar surface area (TPSA) is 99.2 Å². The van der Waals surface area contributed by atoms with E-state index in [0.29, 0.717) is 19.0 Å². The first-order valence-electron chi connectivity index (χ1n) is 13.7. The van der Waals surface area contributed by atoms with E-state index in [1.165, 1.54) is 44.2 Å². The molecule has 0 spiro atoms. The molecular formula is C29H41N3O5S. The van der Waals surface area contributed by atoms with Crippen molar-refractivity contribution in [3.05, 3.63) is 54.1 Å². The summed E-state index contributed by atoms with van der Waals surface area (Å²) < 4.78 is 35.6. The van der Waals surface area contributed by atoms with Gasteiger partial charge in [-0.1, -0.05) is 50.5 Å². The summed E-state index contributed by atoms with van der Waals surface area (Å²) in [6.07, 6.45) is 6.08. The van der Waals surface area contributed by atoms with E-state index in [4.69, 9.17) is 4.74 Å². The molecule has 0 aromatic heterocycles.